The van der Waals surface area contributed by atoms with Gasteiger partial charge in [-0.05, 0) is 22.9 Å². The van der Waals surface area contributed by atoms with Crippen molar-refractivity contribution < 1.29 is 13.9 Å². The van der Waals surface area contributed by atoms with Gasteiger partial charge in [0.2, 0.25) is 0 Å². The van der Waals surface area contributed by atoms with E-state index in [1.54, 1.807) is 0 Å². The molecule has 0 saturated heterocycles. The summed E-state index contributed by atoms with van der Waals surface area (Å²) in [5.74, 6) is 0. The van der Waals surface area contributed by atoms with Crippen LogP contribution in [-0.2, 0) is 7.05 Å². The molecule has 0 saturated carbocycles. The standard InChI is InChI=1S/C7H8BrClF2N2O/c1-3-4(5(14)7(8,10)11)6(9)13(2)12-3/h5,14H,1-2H3. The monoisotopic (exact) mass is 288 g/mol. The summed E-state index contributed by atoms with van der Waals surface area (Å²) in [5.41, 5.74) is 0.222. The van der Waals surface area contributed by atoms with E-state index in [4.69, 9.17) is 11.6 Å². The van der Waals surface area contributed by atoms with Crippen LogP contribution in [0.3, 0.4) is 0 Å². The molecule has 1 heterocycles. The van der Waals surface area contributed by atoms with E-state index < -0.39 is 10.9 Å². The summed E-state index contributed by atoms with van der Waals surface area (Å²) in [5, 5.41) is 13.1. The van der Waals surface area contributed by atoms with E-state index >= 15 is 0 Å². The third-order valence-corrected chi connectivity index (χ3v) is 2.66. The summed E-state index contributed by atoms with van der Waals surface area (Å²) in [7, 11) is 1.51. The van der Waals surface area contributed by atoms with Gasteiger partial charge in [0.05, 0.1) is 5.69 Å². The highest BCUT2D eigenvalue weighted by atomic mass is 79.9. The number of aliphatic hydroxyl groups excluding tert-OH is 1. The van der Waals surface area contributed by atoms with Crippen LogP contribution in [0.2, 0.25) is 5.15 Å². The van der Waals surface area contributed by atoms with Crippen LogP contribution in [0.1, 0.15) is 17.4 Å². The van der Waals surface area contributed by atoms with E-state index in [1.807, 2.05) is 0 Å². The van der Waals surface area contributed by atoms with Crippen molar-refractivity contribution in [1.82, 2.24) is 9.78 Å². The van der Waals surface area contributed by atoms with Crippen molar-refractivity contribution in [2.24, 2.45) is 7.05 Å². The highest BCUT2D eigenvalue weighted by Crippen LogP contribution is 2.40. The Morgan fingerprint density at radius 1 is 1.64 bits per heavy atom. The molecule has 0 bridgehead atoms. The lowest BCUT2D eigenvalue weighted by molar-refractivity contribution is -0.0297. The minimum absolute atomic E-state index is 0.00845. The van der Waals surface area contributed by atoms with Gasteiger partial charge in [-0.3, -0.25) is 4.68 Å². The summed E-state index contributed by atoms with van der Waals surface area (Å²) in [4.78, 5) is -3.41. The van der Waals surface area contributed by atoms with Crippen molar-refractivity contribution in [3.8, 4) is 0 Å². The van der Waals surface area contributed by atoms with Crippen molar-refractivity contribution in [2.75, 3.05) is 0 Å². The van der Waals surface area contributed by atoms with Crippen molar-refractivity contribution in [1.29, 1.82) is 0 Å². The highest BCUT2D eigenvalue weighted by Gasteiger charge is 2.39. The number of aryl methyl sites for hydroxylation is 2. The average molecular weight is 290 g/mol. The fourth-order valence-electron chi connectivity index (χ4n) is 1.12. The zero-order valence-corrected chi connectivity index (χ0v) is 9.77. The Hall–Kier alpha value is -0.200. The van der Waals surface area contributed by atoms with Crippen LogP contribution < -0.4 is 0 Å². The smallest absolute Gasteiger partial charge is 0.330 e. The van der Waals surface area contributed by atoms with Gasteiger partial charge in [-0.2, -0.15) is 13.9 Å². The molecule has 1 atom stereocenters. The van der Waals surface area contributed by atoms with Gasteiger partial charge in [-0.1, -0.05) is 11.6 Å². The quantitative estimate of drug-likeness (QED) is 0.849. The van der Waals surface area contributed by atoms with E-state index in [9.17, 15) is 13.9 Å². The first-order valence-electron chi connectivity index (χ1n) is 3.69. The normalized spacial score (nSPS) is 14.5. The maximum absolute atomic E-state index is 12.7. The van der Waals surface area contributed by atoms with Crippen molar-refractivity contribution >= 4 is 27.5 Å². The molecule has 1 rings (SSSR count). The number of nitrogens with zero attached hydrogens (tertiary/aromatic N) is 2. The van der Waals surface area contributed by atoms with Crippen LogP contribution in [0.5, 0.6) is 0 Å². The molecular weight excluding hydrogens is 281 g/mol. The second-order valence-electron chi connectivity index (χ2n) is 2.86. The van der Waals surface area contributed by atoms with Gasteiger partial charge in [0, 0.05) is 12.6 Å². The van der Waals surface area contributed by atoms with Gasteiger partial charge in [0.1, 0.15) is 5.15 Å². The number of hydrogen-bond acceptors (Lipinski definition) is 2. The molecule has 0 fully saturated rings. The minimum Gasteiger partial charge on any atom is -0.381 e. The first-order chi connectivity index (χ1) is 6.25. The van der Waals surface area contributed by atoms with Gasteiger partial charge in [-0.25, -0.2) is 0 Å². The fraction of sp³-hybridized carbons (Fsp3) is 0.571. The number of aromatic nitrogens is 2. The fourth-order valence-corrected chi connectivity index (χ4v) is 1.63. The molecule has 0 aliphatic rings. The van der Waals surface area contributed by atoms with Gasteiger partial charge in [-0.15, -0.1) is 0 Å². The predicted molar refractivity (Wildman–Crippen MR) is 51.8 cm³/mol. The van der Waals surface area contributed by atoms with Gasteiger partial charge >= 0.3 is 4.83 Å². The van der Waals surface area contributed by atoms with Gasteiger partial charge in [0.25, 0.3) is 0 Å². The van der Waals surface area contributed by atoms with E-state index in [0.717, 1.165) is 0 Å². The van der Waals surface area contributed by atoms with Gasteiger partial charge < -0.3 is 5.11 Å². The van der Waals surface area contributed by atoms with Crippen LogP contribution in [-0.4, -0.2) is 19.7 Å². The number of hydrogen-bond donors (Lipinski definition) is 1. The van der Waals surface area contributed by atoms with Gasteiger partial charge in [0.15, 0.2) is 6.10 Å². The molecule has 0 aliphatic heterocycles. The summed E-state index contributed by atoms with van der Waals surface area (Å²) in [6.45, 7) is 1.50. The van der Waals surface area contributed by atoms with Crippen LogP contribution in [0.25, 0.3) is 0 Å². The maximum atomic E-state index is 12.7. The molecule has 80 valence electrons. The SMILES string of the molecule is Cc1nn(C)c(Cl)c1C(O)C(F)(F)Br. The number of halogens is 4. The molecule has 0 radical (unpaired) electrons. The van der Waals surface area contributed by atoms with E-state index in [1.165, 1.54) is 18.7 Å². The first kappa shape index (κ1) is 11.9. The second kappa shape index (κ2) is 3.75. The molecule has 1 aromatic heterocycles. The van der Waals surface area contributed by atoms with E-state index in [0.29, 0.717) is 0 Å². The summed E-state index contributed by atoms with van der Waals surface area (Å²) in [6, 6.07) is 0. The predicted octanol–water partition coefficient (Wildman–Crippen LogP) is 2.40. The number of alkyl halides is 3. The molecule has 1 N–H and O–H groups in total. The molecular formula is C7H8BrClF2N2O. The Kier molecular flexibility index (Phi) is 3.18. The molecule has 0 aliphatic carbocycles. The molecule has 7 heteroatoms. The van der Waals surface area contributed by atoms with Crippen molar-refractivity contribution in [2.45, 2.75) is 17.9 Å². The lowest BCUT2D eigenvalue weighted by atomic mass is 10.1. The molecule has 3 nitrogen and oxygen atoms in total. The lowest BCUT2D eigenvalue weighted by Crippen LogP contribution is -2.19. The summed E-state index contributed by atoms with van der Waals surface area (Å²) >= 11 is 7.78. The Morgan fingerprint density at radius 3 is 2.43 bits per heavy atom. The molecule has 14 heavy (non-hydrogen) atoms. The van der Waals surface area contributed by atoms with E-state index in [-0.39, 0.29) is 16.4 Å². The first-order valence-corrected chi connectivity index (χ1v) is 4.86. The Bertz CT molecular complexity index is 350. The zero-order chi connectivity index (χ0) is 11.1. The number of aliphatic hydroxyl groups is 1. The highest BCUT2D eigenvalue weighted by molar-refractivity contribution is 9.10. The molecule has 0 spiro atoms. The third kappa shape index (κ3) is 2.07. The topological polar surface area (TPSA) is 38.0 Å². The Balaban J connectivity index is 3.19. The minimum atomic E-state index is -3.41. The zero-order valence-electron chi connectivity index (χ0n) is 7.43. The largest absolute Gasteiger partial charge is 0.381 e. The Labute approximate surface area is 92.8 Å². The van der Waals surface area contributed by atoms with Crippen LogP contribution in [0.4, 0.5) is 8.78 Å². The summed E-state index contributed by atoms with van der Waals surface area (Å²) in [6.07, 6.45) is -2.00. The summed E-state index contributed by atoms with van der Waals surface area (Å²) < 4.78 is 26.7. The molecule has 1 unspecified atom stereocenters. The Morgan fingerprint density at radius 2 is 2.14 bits per heavy atom. The maximum Gasteiger partial charge on any atom is 0.330 e. The van der Waals surface area contributed by atoms with Crippen LogP contribution in [0, 0.1) is 6.92 Å². The van der Waals surface area contributed by atoms with Crippen LogP contribution >= 0.6 is 27.5 Å². The molecule has 0 aromatic carbocycles. The third-order valence-electron chi connectivity index (χ3n) is 1.78. The van der Waals surface area contributed by atoms with Crippen LogP contribution in [0.15, 0.2) is 0 Å². The van der Waals surface area contributed by atoms with Crippen molar-refractivity contribution in [3.05, 3.63) is 16.4 Å². The second-order valence-corrected chi connectivity index (χ2v) is 4.27. The van der Waals surface area contributed by atoms with E-state index in [2.05, 4.69) is 21.0 Å². The number of rotatable bonds is 2. The average Bonchev–Trinajstić information content (AvgIpc) is 2.24. The molecule has 0 amide bonds. The lowest BCUT2D eigenvalue weighted by Gasteiger charge is -2.16. The molecule has 1 aromatic rings. The van der Waals surface area contributed by atoms with Crippen molar-refractivity contribution in [3.63, 3.8) is 0 Å².